The molecule has 0 amide bonds. The number of aromatic nitrogens is 2. The van der Waals surface area contributed by atoms with Crippen LogP contribution in [0.5, 0.6) is 11.5 Å². The van der Waals surface area contributed by atoms with Gasteiger partial charge in [0.15, 0.2) is 0 Å². The van der Waals surface area contributed by atoms with Gasteiger partial charge in [0, 0.05) is 27.9 Å². The first kappa shape index (κ1) is 22.9. The minimum Gasteiger partial charge on any atom is -0.497 e. The molecular formula is C29H25ClN2O3. The third-order valence-electron chi connectivity index (χ3n) is 6.07. The van der Waals surface area contributed by atoms with Crippen LogP contribution in [0.1, 0.15) is 12.8 Å². The van der Waals surface area contributed by atoms with E-state index in [-0.39, 0.29) is 5.56 Å². The van der Waals surface area contributed by atoms with Crippen molar-refractivity contribution in [3.63, 3.8) is 0 Å². The Morgan fingerprint density at radius 3 is 2.31 bits per heavy atom. The van der Waals surface area contributed by atoms with Gasteiger partial charge in [-0.05, 0) is 61.4 Å². The van der Waals surface area contributed by atoms with Gasteiger partial charge in [0.1, 0.15) is 17.3 Å². The lowest BCUT2D eigenvalue weighted by molar-refractivity contribution is 0.306. The quantitative estimate of drug-likeness (QED) is 0.229. The number of methoxy groups -OCH3 is 1. The number of para-hydroxylation sites is 1. The molecule has 1 aromatic heterocycles. The van der Waals surface area contributed by atoms with Gasteiger partial charge in [-0.25, -0.2) is 4.98 Å². The number of hydrogen-bond donors (Lipinski definition) is 0. The summed E-state index contributed by atoms with van der Waals surface area (Å²) in [4.78, 5) is 18.2. The highest BCUT2D eigenvalue weighted by Gasteiger charge is 2.13. The highest BCUT2D eigenvalue weighted by molar-refractivity contribution is 6.35. The third-order valence-corrected chi connectivity index (χ3v) is 6.40. The van der Waals surface area contributed by atoms with Gasteiger partial charge in [-0.2, -0.15) is 0 Å². The fourth-order valence-electron chi connectivity index (χ4n) is 4.25. The van der Waals surface area contributed by atoms with Gasteiger partial charge in [-0.3, -0.25) is 9.36 Å². The molecule has 176 valence electrons. The van der Waals surface area contributed by atoms with Crippen molar-refractivity contribution in [1.29, 1.82) is 0 Å². The summed E-state index contributed by atoms with van der Waals surface area (Å²) in [5, 5.41) is 3.30. The van der Waals surface area contributed by atoms with E-state index < -0.39 is 0 Å². The number of ether oxygens (including phenoxy) is 2. The molecule has 0 radical (unpaired) electrons. The average Bonchev–Trinajstić information content (AvgIpc) is 2.91. The maximum Gasteiger partial charge on any atom is 0.261 e. The van der Waals surface area contributed by atoms with Crippen LogP contribution < -0.4 is 15.0 Å². The molecule has 6 heteroatoms. The second-order valence-electron chi connectivity index (χ2n) is 8.28. The molecule has 0 saturated heterocycles. The first-order valence-electron chi connectivity index (χ1n) is 11.6. The van der Waals surface area contributed by atoms with Crippen LogP contribution in [0, 0.1) is 0 Å². The third kappa shape index (κ3) is 4.73. The number of benzene rings is 4. The number of nitrogens with zero attached hydrogens (tertiary/aromatic N) is 2. The molecule has 0 bridgehead atoms. The van der Waals surface area contributed by atoms with Crippen molar-refractivity contribution in [3.05, 3.63) is 100 Å². The summed E-state index contributed by atoms with van der Waals surface area (Å²) < 4.78 is 13.1. The summed E-state index contributed by atoms with van der Waals surface area (Å²) in [6, 6.07) is 26.8. The van der Waals surface area contributed by atoms with Gasteiger partial charge in [0.05, 0.1) is 24.6 Å². The van der Waals surface area contributed by atoms with Crippen LogP contribution in [0.3, 0.4) is 0 Å². The van der Waals surface area contributed by atoms with E-state index in [2.05, 4.69) is 0 Å². The largest absolute Gasteiger partial charge is 0.497 e. The summed E-state index contributed by atoms with van der Waals surface area (Å²) in [5.74, 6) is 2.23. The molecule has 0 atom stereocenters. The highest BCUT2D eigenvalue weighted by atomic mass is 35.5. The molecule has 0 unspecified atom stereocenters. The van der Waals surface area contributed by atoms with E-state index in [0.717, 1.165) is 40.7 Å². The lowest BCUT2D eigenvalue weighted by atomic mass is 10.1. The van der Waals surface area contributed by atoms with E-state index in [0.29, 0.717) is 34.9 Å². The van der Waals surface area contributed by atoms with E-state index in [1.54, 1.807) is 11.7 Å². The van der Waals surface area contributed by atoms with E-state index >= 15 is 0 Å². The number of fused-ring (bicyclic) bond motifs is 2. The second-order valence-corrected chi connectivity index (χ2v) is 8.69. The summed E-state index contributed by atoms with van der Waals surface area (Å²) in [5.41, 5.74) is 1.53. The van der Waals surface area contributed by atoms with Gasteiger partial charge < -0.3 is 9.47 Å². The van der Waals surface area contributed by atoms with Crippen molar-refractivity contribution in [2.75, 3.05) is 13.7 Å². The lowest BCUT2D eigenvalue weighted by Gasteiger charge is -2.15. The molecule has 5 rings (SSSR count). The van der Waals surface area contributed by atoms with Crippen molar-refractivity contribution < 1.29 is 9.47 Å². The summed E-state index contributed by atoms with van der Waals surface area (Å²) >= 11 is 6.32. The zero-order chi connectivity index (χ0) is 24.2. The van der Waals surface area contributed by atoms with Crippen LogP contribution in [-0.2, 0) is 6.54 Å². The maximum absolute atomic E-state index is 13.4. The molecule has 0 spiro atoms. The number of hydrogen-bond acceptors (Lipinski definition) is 4. The van der Waals surface area contributed by atoms with Gasteiger partial charge in [0.2, 0.25) is 0 Å². The molecule has 0 aliphatic heterocycles. The van der Waals surface area contributed by atoms with Crippen LogP contribution in [0.25, 0.3) is 33.1 Å². The molecule has 4 aromatic carbocycles. The molecule has 1 heterocycles. The van der Waals surface area contributed by atoms with Gasteiger partial charge >= 0.3 is 0 Å². The van der Waals surface area contributed by atoms with Crippen LogP contribution >= 0.6 is 11.6 Å². The monoisotopic (exact) mass is 484 g/mol. The predicted molar refractivity (Wildman–Crippen MR) is 142 cm³/mol. The first-order chi connectivity index (χ1) is 17.2. The molecule has 35 heavy (non-hydrogen) atoms. The predicted octanol–water partition coefficient (Wildman–Crippen LogP) is 6.74. The summed E-state index contributed by atoms with van der Waals surface area (Å²) in [6.45, 7) is 1.09. The fraction of sp³-hybridized carbons (Fsp3) is 0.172. The summed E-state index contributed by atoms with van der Waals surface area (Å²) in [7, 11) is 1.63. The Morgan fingerprint density at radius 1 is 0.829 bits per heavy atom. The molecule has 0 aliphatic rings. The minimum absolute atomic E-state index is 0.0361. The van der Waals surface area contributed by atoms with E-state index in [4.69, 9.17) is 26.1 Å². The number of unbranched alkanes of at least 4 members (excludes halogenated alkanes) is 1. The molecule has 0 aliphatic carbocycles. The molecule has 5 aromatic rings. The minimum atomic E-state index is -0.0361. The Bertz CT molecular complexity index is 1540. The second kappa shape index (κ2) is 10.2. The van der Waals surface area contributed by atoms with Gasteiger partial charge in [-0.15, -0.1) is 0 Å². The fourth-order valence-corrected chi connectivity index (χ4v) is 4.48. The average molecular weight is 485 g/mol. The van der Waals surface area contributed by atoms with Crippen molar-refractivity contribution in [1.82, 2.24) is 9.55 Å². The standard InChI is InChI=1S/C29H25ClN2O3/c1-34-21-14-12-20(13-15-21)28-31-26-11-5-4-10-24(26)29(33)32(28)18-6-7-19-35-27-17-16-25(30)22-8-2-3-9-23(22)27/h2-5,8-17H,6-7,18-19H2,1H3. The SMILES string of the molecule is COc1ccc(-c2nc3ccccc3c(=O)n2CCCCOc2ccc(Cl)c3ccccc23)cc1. The Morgan fingerprint density at radius 2 is 1.54 bits per heavy atom. The molecule has 0 fully saturated rings. The Balaban J connectivity index is 1.35. The highest BCUT2D eigenvalue weighted by Crippen LogP contribution is 2.31. The smallest absolute Gasteiger partial charge is 0.261 e. The van der Waals surface area contributed by atoms with Gasteiger partial charge in [0.25, 0.3) is 5.56 Å². The Kier molecular flexibility index (Phi) is 6.68. The Labute approximate surface area is 208 Å². The normalized spacial score (nSPS) is 11.1. The van der Waals surface area contributed by atoms with Crippen LogP contribution in [-0.4, -0.2) is 23.3 Å². The first-order valence-corrected chi connectivity index (χ1v) is 12.0. The zero-order valence-corrected chi connectivity index (χ0v) is 20.2. The molecule has 0 saturated carbocycles. The van der Waals surface area contributed by atoms with E-state index in [1.165, 1.54) is 0 Å². The van der Waals surface area contributed by atoms with E-state index in [1.807, 2.05) is 84.9 Å². The number of rotatable bonds is 8. The maximum atomic E-state index is 13.4. The number of halogens is 1. The van der Waals surface area contributed by atoms with Crippen molar-refractivity contribution >= 4 is 33.3 Å². The van der Waals surface area contributed by atoms with Crippen LogP contribution in [0.2, 0.25) is 5.02 Å². The van der Waals surface area contributed by atoms with E-state index in [9.17, 15) is 4.79 Å². The van der Waals surface area contributed by atoms with Gasteiger partial charge in [-0.1, -0.05) is 48.0 Å². The topological polar surface area (TPSA) is 53.3 Å². The molecule has 5 nitrogen and oxygen atoms in total. The zero-order valence-electron chi connectivity index (χ0n) is 19.4. The van der Waals surface area contributed by atoms with Crippen LogP contribution in [0.15, 0.2) is 89.7 Å². The molecule has 0 N–H and O–H groups in total. The van der Waals surface area contributed by atoms with Crippen molar-refractivity contribution in [2.24, 2.45) is 0 Å². The summed E-state index contributed by atoms with van der Waals surface area (Å²) in [6.07, 6.45) is 1.56. The lowest BCUT2D eigenvalue weighted by Crippen LogP contribution is -2.24. The van der Waals surface area contributed by atoms with Crippen molar-refractivity contribution in [2.45, 2.75) is 19.4 Å². The van der Waals surface area contributed by atoms with Crippen LogP contribution in [0.4, 0.5) is 0 Å². The molecular weight excluding hydrogens is 460 g/mol. The van der Waals surface area contributed by atoms with Crippen molar-refractivity contribution in [3.8, 4) is 22.9 Å². The Hall–Kier alpha value is -3.83.